The van der Waals surface area contributed by atoms with E-state index in [4.69, 9.17) is 9.47 Å². The number of amides is 2. The van der Waals surface area contributed by atoms with Crippen molar-refractivity contribution in [1.29, 1.82) is 0 Å². The summed E-state index contributed by atoms with van der Waals surface area (Å²) in [4.78, 5) is 41.8. The van der Waals surface area contributed by atoms with E-state index in [-0.39, 0.29) is 30.9 Å². The van der Waals surface area contributed by atoms with Crippen LogP contribution in [0.2, 0.25) is 0 Å². The maximum Gasteiger partial charge on any atom is 0.344 e. The lowest BCUT2D eigenvalue weighted by atomic mass is 10.2. The molecule has 0 unspecified atom stereocenters. The van der Waals surface area contributed by atoms with Crippen LogP contribution in [0.4, 0.5) is 5.69 Å². The molecule has 2 aliphatic heterocycles. The maximum atomic E-state index is 13.2. The minimum absolute atomic E-state index is 0.0927. The van der Waals surface area contributed by atoms with Crippen molar-refractivity contribution in [3.63, 3.8) is 0 Å². The van der Waals surface area contributed by atoms with Crippen LogP contribution in [0.25, 0.3) is 0 Å². The summed E-state index contributed by atoms with van der Waals surface area (Å²) in [6, 6.07) is 15.2. The summed E-state index contributed by atoms with van der Waals surface area (Å²) in [5.41, 5.74) is 1.73. The molecule has 7 nitrogen and oxygen atoms in total. The summed E-state index contributed by atoms with van der Waals surface area (Å²) >= 11 is 1.34. The molecule has 0 radical (unpaired) electrons. The Morgan fingerprint density at radius 3 is 2.62 bits per heavy atom. The molecular formula is C24H24N2O5S. The van der Waals surface area contributed by atoms with Gasteiger partial charge in [-0.15, -0.1) is 0 Å². The molecule has 2 fully saturated rings. The SMILES string of the molecule is COc1ccc(CN(C(=O)COC(=O)[C@]23CCC(=O)N2c2ccccc2S3)C2CC2)cc1. The summed E-state index contributed by atoms with van der Waals surface area (Å²) in [5, 5.41) is 0. The predicted octanol–water partition coefficient (Wildman–Crippen LogP) is 3.36. The number of rotatable bonds is 7. The third kappa shape index (κ3) is 3.62. The quantitative estimate of drug-likeness (QED) is 0.600. The fraction of sp³-hybridized carbons (Fsp3) is 0.375. The van der Waals surface area contributed by atoms with Gasteiger partial charge < -0.3 is 14.4 Å². The highest BCUT2D eigenvalue weighted by Crippen LogP contribution is 2.56. The number of anilines is 1. The first kappa shape index (κ1) is 20.9. The Morgan fingerprint density at radius 1 is 1.16 bits per heavy atom. The molecule has 3 aliphatic rings. The molecule has 2 aromatic rings. The monoisotopic (exact) mass is 452 g/mol. The highest BCUT2D eigenvalue weighted by Gasteiger charge is 2.58. The summed E-state index contributed by atoms with van der Waals surface area (Å²) in [6.07, 6.45) is 2.56. The lowest BCUT2D eigenvalue weighted by molar-refractivity contribution is -0.154. The largest absolute Gasteiger partial charge is 0.497 e. The second-order valence-corrected chi connectivity index (χ2v) is 9.58. The number of methoxy groups -OCH3 is 1. The van der Waals surface area contributed by atoms with Gasteiger partial charge in [-0.3, -0.25) is 14.5 Å². The molecule has 2 aromatic carbocycles. The van der Waals surface area contributed by atoms with Gasteiger partial charge in [0, 0.05) is 30.3 Å². The smallest absolute Gasteiger partial charge is 0.344 e. The number of thioether (sulfide) groups is 1. The van der Waals surface area contributed by atoms with Gasteiger partial charge in [0.05, 0.1) is 12.8 Å². The number of nitrogens with zero attached hydrogens (tertiary/aromatic N) is 2. The molecule has 0 spiro atoms. The van der Waals surface area contributed by atoms with Crippen LogP contribution in [-0.4, -0.2) is 47.3 Å². The minimum atomic E-state index is -1.11. The number of hydrogen-bond acceptors (Lipinski definition) is 6. The molecule has 0 N–H and O–H groups in total. The van der Waals surface area contributed by atoms with E-state index in [1.165, 1.54) is 11.8 Å². The number of fused-ring (bicyclic) bond motifs is 3. The number of benzene rings is 2. The third-order valence-corrected chi connectivity index (χ3v) is 7.60. The molecule has 8 heteroatoms. The fourth-order valence-corrected chi connectivity index (χ4v) is 5.74. The van der Waals surface area contributed by atoms with Gasteiger partial charge in [-0.25, -0.2) is 4.79 Å². The Labute approximate surface area is 190 Å². The van der Waals surface area contributed by atoms with Crippen molar-refractivity contribution in [1.82, 2.24) is 4.90 Å². The van der Waals surface area contributed by atoms with Crippen LogP contribution in [0.15, 0.2) is 53.4 Å². The molecule has 166 valence electrons. The van der Waals surface area contributed by atoms with Crippen LogP contribution in [-0.2, 0) is 25.7 Å². The molecule has 32 heavy (non-hydrogen) atoms. The van der Waals surface area contributed by atoms with Crippen LogP contribution < -0.4 is 9.64 Å². The van der Waals surface area contributed by atoms with E-state index >= 15 is 0 Å². The van der Waals surface area contributed by atoms with Crippen LogP contribution in [0.5, 0.6) is 5.75 Å². The molecule has 1 saturated carbocycles. The van der Waals surface area contributed by atoms with Gasteiger partial charge in [0.15, 0.2) is 11.5 Å². The summed E-state index contributed by atoms with van der Waals surface area (Å²) < 4.78 is 10.7. The normalized spacial score (nSPS) is 21.2. The lowest BCUT2D eigenvalue weighted by Crippen LogP contribution is -2.48. The zero-order valence-corrected chi connectivity index (χ0v) is 18.6. The van der Waals surface area contributed by atoms with Gasteiger partial charge >= 0.3 is 5.97 Å². The fourth-order valence-electron chi connectivity index (χ4n) is 4.33. The molecule has 1 saturated heterocycles. The summed E-state index contributed by atoms with van der Waals surface area (Å²) in [6.45, 7) is 0.132. The Balaban J connectivity index is 1.27. The number of carbonyl (C=O) groups excluding carboxylic acids is 3. The van der Waals surface area contributed by atoms with E-state index in [2.05, 4.69) is 0 Å². The molecule has 5 rings (SSSR count). The minimum Gasteiger partial charge on any atom is -0.497 e. The van der Waals surface area contributed by atoms with Crippen molar-refractivity contribution in [2.24, 2.45) is 0 Å². The van der Waals surface area contributed by atoms with Gasteiger partial charge in [-0.05, 0) is 42.7 Å². The standard InChI is InChI=1S/C24H24N2O5S/c1-30-18-10-6-16(7-11-18)14-25(17-8-9-17)22(28)15-31-23(29)24-13-12-21(27)26(24)19-4-2-3-5-20(19)32-24/h2-7,10-11,17H,8-9,12-15H2,1H3/t24-/m1/s1. The molecule has 2 heterocycles. The van der Waals surface area contributed by atoms with E-state index in [1.807, 2.05) is 48.5 Å². The van der Waals surface area contributed by atoms with Crippen molar-refractivity contribution < 1.29 is 23.9 Å². The molecule has 1 aliphatic carbocycles. The van der Waals surface area contributed by atoms with Crippen LogP contribution in [0, 0.1) is 0 Å². The van der Waals surface area contributed by atoms with Crippen molar-refractivity contribution >= 4 is 35.2 Å². The Morgan fingerprint density at radius 2 is 1.91 bits per heavy atom. The first-order chi connectivity index (χ1) is 15.5. The van der Waals surface area contributed by atoms with E-state index in [9.17, 15) is 14.4 Å². The van der Waals surface area contributed by atoms with Crippen LogP contribution in [0.3, 0.4) is 0 Å². The van der Waals surface area contributed by atoms with Gasteiger partial charge in [0.1, 0.15) is 5.75 Å². The number of esters is 1. The molecule has 1 atom stereocenters. The van der Waals surface area contributed by atoms with Crippen molar-refractivity contribution in [2.75, 3.05) is 18.6 Å². The van der Waals surface area contributed by atoms with Gasteiger partial charge in [0.25, 0.3) is 5.91 Å². The van der Waals surface area contributed by atoms with Crippen molar-refractivity contribution in [3.8, 4) is 5.75 Å². The van der Waals surface area contributed by atoms with Crippen LogP contribution in [0.1, 0.15) is 31.2 Å². The Bertz CT molecular complexity index is 1070. The number of para-hydroxylation sites is 1. The second kappa shape index (κ2) is 8.16. The maximum absolute atomic E-state index is 13.2. The van der Waals surface area contributed by atoms with Gasteiger partial charge in [-0.1, -0.05) is 36.0 Å². The number of ether oxygens (including phenoxy) is 2. The zero-order chi connectivity index (χ0) is 22.3. The molecule has 0 aromatic heterocycles. The van der Waals surface area contributed by atoms with Crippen molar-refractivity contribution in [2.45, 2.75) is 48.0 Å². The second-order valence-electron chi connectivity index (χ2n) is 8.26. The zero-order valence-electron chi connectivity index (χ0n) is 17.8. The topological polar surface area (TPSA) is 76.1 Å². The van der Waals surface area contributed by atoms with Crippen LogP contribution >= 0.6 is 11.8 Å². The van der Waals surface area contributed by atoms with E-state index in [0.717, 1.165) is 34.7 Å². The van der Waals surface area contributed by atoms with Gasteiger partial charge in [-0.2, -0.15) is 0 Å². The summed E-state index contributed by atoms with van der Waals surface area (Å²) in [5.74, 6) is -0.0793. The summed E-state index contributed by atoms with van der Waals surface area (Å²) in [7, 11) is 1.61. The highest BCUT2D eigenvalue weighted by atomic mass is 32.2. The molecular weight excluding hydrogens is 428 g/mol. The lowest BCUT2D eigenvalue weighted by Gasteiger charge is -2.29. The van der Waals surface area contributed by atoms with E-state index < -0.39 is 10.8 Å². The van der Waals surface area contributed by atoms with Gasteiger partial charge in [0.2, 0.25) is 5.91 Å². The predicted molar refractivity (Wildman–Crippen MR) is 119 cm³/mol. The number of carbonyl (C=O) groups is 3. The number of hydrogen-bond donors (Lipinski definition) is 0. The average Bonchev–Trinajstić information content (AvgIpc) is 3.52. The van der Waals surface area contributed by atoms with Crippen molar-refractivity contribution in [3.05, 3.63) is 54.1 Å². The molecule has 0 bridgehead atoms. The molecule has 2 amide bonds. The highest BCUT2D eigenvalue weighted by molar-refractivity contribution is 8.02. The van der Waals surface area contributed by atoms with E-state index in [0.29, 0.717) is 13.0 Å². The average molecular weight is 453 g/mol. The van der Waals surface area contributed by atoms with E-state index in [1.54, 1.807) is 16.9 Å². The third-order valence-electron chi connectivity index (χ3n) is 6.14. The first-order valence-corrected chi connectivity index (χ1v) is 11.5. The first-order valence-electron chi connectivity index (χ1n) is 10.7. The Kier molecular flexibility index (Phi) is 5.33. The Hall–Kier alpha value is -3.00.